The number of ether oxygens (including phenoxy) is 2. The second kappa shape index (κ2) is 8.95. The summed E-state index contributed by atoms with van der Waals surface area (Å²) in [7, 11) is 0. The van der Waals surface area contributed by atoms with Crippen molar-refractivity contribution < 1.29 is 14.3 Å². The molecule has 2 heterocycles. The number of amides is 1. The first-order valence-electron chi connectivity index (χ1n) is 9.73. The van der Waals surface area contributed by atoms with Gasteiger partial charge in [-0.25, -0.2) is 0 Å². The molecule has 1 aliphatic heterocycles. The lowest BCUT2D eigenvalue weighted by Crippen LogP contribution is -2.47. The van der Waals surface area contributed by atoms with Crippen LogP contribution in [0.5, 0.6) is 11.5 Å². The van der Waals surface area contributed by atoms with Crippen LogP contribution >= 0.6 is 0 Å². The van der Waals surface area contributed by atoms with E-state index in [1.54, 1.807) is 0 Å². The van der Waals surface area contributed by atoms with E-state index in [0.717, 1.165) is 48.6 Å². The molecule has 146 valence electrons. The molecule has 0 bridgehead atoms. The molecule has 0 radical (unpaired) electrons. The number of carbonyl (C=O) groups excluding carboxylic acids is 1. The summed E-state index contributed by atoms with van der Waals surface area (Å²) in [6, 6.07) is 7.85. The average Bonchev–Trinajstić information content (AvgIpc) is 3.17. The number of carbonyl (C=O) groups is 1. The van der Waals surface area contributed by atoms with Crippen molar-refractivity contribution in [2.24, 2.45) is 5.73 Å². The summed E-state index contributed by atoms with van der Waals surface area (Å²) in [5.41, 5.74) is 7.58. The van der Waals surface area contributed by atoms with Crippen molar-refractivity contribution in [2.75, 3.05) is 19.8 Å². The first-order valence-corrected chi connectivity index (χ1v) is 9.73. The summed E-state index contributed by atoms with van der Waals surface area (Å²) in [4.78, 5) is 14.0. The maximum absolute atomic E-state index is 11.8. The summed E-state index contributed by atoms with van der Waals surface area (Å²) >= 11 is 0. The smallest absolute Gasteiger partial charge is 0.234 e. The molecule has 27 heavy (non-hydrogen) atoms. The lowest BCUT2D eigenvalue weighted by molar-refractivity contribution is -0.124. The summed E-state index contributed by atoms with van der Waals surface area (Å²) in [6.45, 7) is 6.61. The number of nitrogens with zero attached hydrogens (tertiary/aromatic N) is 2. The SMILES string of the molecule is CCOc1cc(CN2CCCCC2C(N)=O)cc(OCC)c1-n1cccc1. The van der Waals surface area contributed by atoms with E-state index in [2.05, 4.69) is 4.90 Å². The number of nitrogens with two attached hydrogens (primary N) is 1. The molecule has 0 spiro atoms. The van der Waals surface area contributed by atoms with E-state index in [0.29, 0.717) is 19.8 Å². The minimum absolute atomic E-state index is 0.200. The van der Waals surface area contributed by atoms with Crippen LogP contribution in [0.1, 0.15) is 38.7 Å². The Labute approximate surface area is 160 Å². The second-order valence-corrected chi connectivity index (χ2v) is 6.78. The van der Waals surface area contributed by atoms with Crippen LogP contribution in [0.2, 0.25) is 0 Å². The van der Waals surface area contributed by atoms with Crippen LogP contribution in [0, 0.1) is 0 Å². The van der Waals surface area contributed by atoms with Crippen LogP contribution < -0.4 is 15.2 Å². The lowest BCUT2D eigenvalue weighted by Gasteiger charge is -2.33. The molecule has 1 saturated heterocycles. The van der Waals surface area contributed by atoms with E-state index in [1.807, 2.05) is 55.1 Å². The van der Waals surface area contributed by atoms with Crippen molar-refractivity contribution in [2.45, 2.75) is 45.7 Å². The minimum atomic E-state index is -0.242. The van der Waals surface area contributed by atoms with E-state index < -0.39 is 0 Å². The fourth-order valence-corrected chi connectivity index (χ4v) is 3.73. The summed E-state index contributed by atoms with van der Waals surface area (Å²) in [5.74, 6) is 1.32. The zero-order valence-electron chi connectivity index (χ0n) is 16.2. The maximum atomic E-state index is 11.8. The monoisotopic (exact) mass is 371 g/mol. The normalized spacial score (nSPS) is 17.6. The highest BCUT2D eigenvalue weighted by Crippen LogP contribution is 2.35. The highest BCUT2D eigenvalue weighted by atomic mass is 16.5. The number of likely N-dealkylation sites (tertiary alicyclic amines) is 1. The first kappa shape index (κ1) is 19.3. The number of piperidine rings is 1. The zero-order chi connectivity index (χ0) is 19.2. The van der Waals surface area contributed by atoms with Crippen LogP contribution in [0.3, 0.4) is 0 Å². The molecule has 1 fully saturated rings. The summed E-state index contributed by atoms with van der Waals surface area (Å²) in [6.07, 6.45) is 6.92. The Balaban J connectivity index is 1.97. The third-order valence-corrected chi connectivity index (χ3v) is 4.89. The van der Waals surface area contributed by atoms with Crippen LogP contribution in [-0.4, -0.2) is 41.2 Å². The van der Waals surface area contributed by atoms with Gasteiger partial charge in [0.2, 0.25) is 5.91 Å². The number of aromatic nitrogens is 1. The Bertz CT molecular complexity index is 731. The highest BCUT2D eigenvalue weighted by molar-refractivity contribution is 5.79. The Hall–Kier alpha value is -2.47. The predicted octanol–water partition coefficient (Wildman–Crippen LogP) is 3.11. The van der Waals surface area contributed by atoms with E-state index in [9.17, 15) is 4.79 Å². The maximum Gasteiger partial charge on any atom is 0.234 e. The number of benzene rings is 1. The Morgan fingerprint density at radius 2 is 1.74 bits per heavy atom. The van der Waals surface area contributed by atoms with Crippen LogP contribution in [0.4, 0.5) is 0 Å². The number of hydrogen-bond donors (Lipinski definition) is 1. The molecule has 1 aliphatic rings. The van der Waals surface area contributed by atoms with E-state index in [4.69, 9.17) is 15.2 Å². The predicted molar refractivity (Wildman–Crippen MR) is 105 cm³/mol. The summed E-state index contributed by atoms with van der Waals surface area (Å²) < 4.78 is 13.9. The molecule has 1 aromatic heterocycles. The lowest BCUT2D eigenvalue weighted by atomic mass is 10.0. The highest BCUT2D eigenvalue weighted by Gasteiger charge is 2.27. The standard InChI is InChI=1S/C21H29N3O3/c1-3-26-18-13-16(15-24-12-6-5-9-17(24)21(22)25)14-19(27-4-2)20(18)23-10-7-8-11-23/h7-8,10-11,13-14,17H,3-6,9,12,15H2,1-2H3,(H2,22,25). The average molecular weight is 371 g/mol. The fourth-order valence-electron chi connectivity index (χ4n) is 3.73. The van der Waals surface area contributed by atoms with E-state index in [1.165, 1.54) is 0 Å². The Kier molecular flexibility index (Phi) is 6.40. The number of rotatable bonds is 8. The van der Waals surface area contributed by atoms with Crippen molar-refractivity contribution in [3.8, 4) is 17.2 Å². The van der Waals surface area contributed by atoms with Gasteiger partial charge in [0, 0.05) is 18.9 Å². The van der Waals surface area contributed by atoms with Crippen molar-refractivity contribution >= 4 is 5.91 Å². The molecule has 1 unspecified atom stereocenters. The van der Waals surface area contributed by atoms with Gasteiger partial charge in [0.25, 0.3) is 0 Å². The van der Waals surface area contributed by atoms with Gasteiger partial charge in [-0.2, -0.15) is 0 Å². The van der Waals surface area contributed by atoms with Crippen LogP contribution in [0.15, 0.2) is 36.7 Å². The van der Waals surface area contributed by atoms with Gasteiger partial charge in [-0.05, 0) is 63.1 Å². The van der Waals surface area contributed by atoms with Gasteiger partial charge in [0.1, 0.15) is 17.2 Å². The Morgan fingerprint density at radius 1 is 1.11 bits per heavy atom. The van der Waals surface area contributed by atoms with Crippen molar-refractivity contribution in [1.29, 1.82) is 0 Å². The third kappa shape index (κ3) is 4.45. The van der Waals surface area contributed by atoms with Crippen molar-refractivity contribution in [3.05, 3.63) is 42.2 Å². The molecular formula is C21H29N3O3. The van der Waals surface area contributed by atoms with Gasteiger partial charge >= 0.3 is 0 Å². The third-order valence-electron chi connectivity index (χ3n) is 4.89. The van der Waals surface area contributed by atoms with Gasteiger partial charge in [0.15, 0.2) is 0 Å². The van der Waals surface area contributed by atoms with E-state index >= 15 is 0 Å². The zero-order valence-corrected chi connectivity index (χ0v) is 16.2. The van der Waals surface area contributed by atoms with Gasteiger partial charge in [-0.15, -0.1) is 0 Å². The molecule has 1 aromatic carbocycles. The molecule has 6 nitrogen and oxygen atoms in total. The number of hydrogen-bond acceptors (Lipinski definition) is 4. The van der Waals surface area contributed by atoms with E-state index in [-0.39, 0.29) is 11.9 Å². The summed E-state index contributed by atoms with van der Waals surface area (Å²) in [5, 5.41) is 0. The largest absolute Gasteiger partial charge is 0.492 e. The fraction of sp³-hybridized carbons (Fsp3) is 0.476. The second-order valence-electron chi connectivity index (χ2n) is 6.78. The van der Waals surface area contributed by atoms with Gasteiger partial charge in [-0.1, -0.05) is 6.42 Å². The Morgan fingerprint density at radius 3 is 2.30 bits per heavy atom. The van der Waals surface area contributed by atoms with Crippen molar-refractivity contribution in [1.82, 2.24) is 9.47 Å². The van der Waals surface area contributed by atoms with Gasteiger partial charge in [0.05, 0.1) is 19.3 Å². The molecule has 0 aliphatic carbocycles. The molecule has 0 saturated carbocycles. The molecule has 6 heteroatoms. The number of primary amides is 1. The van der Waals surface area contributed by atoms with Crippen LogP contribution in [-0.2, 0) is 11.3 Å². The molecule has 2 N–H and O–H groups in total. The molecule has 2 aromatic rings. The van der Waals surface area contributed by atoms with Gasteiger partial charge < -0.3 is 19.8 Å². The molecule has 1 atom stereocenters. The first-order chi connectivity index (χ1) is 13.1. The minimum Gasteiger partial charge on any atom is -0.492 e. The topological polar surface area (TPSA) is 69.7 Å². The molecule has 1 amide bonds. The quantitative estimate of drug-likeness (QED) is 0.774. The van der Waals surface area contributed by atoms with Gasteiger partial charge in [-0.3, -0.25) is 9.69 Å². The van der Waals surface area contributed by atoms with Crippen molar-refractivity contribution in [3.63, 3.8) is 0 Å². The molecular weight excluding hydrogens is 342 g/mol. The molecule has 3 rings (SSSR count). The van der Waals surface area contributed by atoms with Crippen LogP contribution in [0.25, 0.3) is 5.69 Å².